The van der Waals surface area contributed by atoms with Crippen molar-refractivity contribution in [1.29, 1.82) is 0 Å². The second kappa shape index (κ2) is 8.87. The van der Waals surface area contributed by atoms with Crippen LogP contribution in [-0.2, 0) is 16.0 Å². The van der Waals surface area contributed by atoms with Gasteiger partial charge in [-0.1, -0.05) is 36.4 Å². The van der Waals surface area contributed by atoms with Gasteiger partial charge in [0.1, 0.15) is 0 Å². The zero-order valence-electron chi connectivity index (χ0n) is 14.3. The highest BCUT2D eigenvalue weighted by Gasteiger charge is 2.06. The van der Waals surface area contributed by atoms with E-state index >= 15 is 0 Å². The zero-order chi connectivity index (χ0) is 17.4. The average molecular weight is 324 g/mol. The number of nitrogens with one attached hydrogen (secondary N) is 2. The summed E-state index contributed by atoms with van der Waals surface area (Å²) in [4.78, 5) is 23.6. The summed E-state index contributed by atoms with van der Waals surface area (Å²) < 4.78 is 0. The van der Waals surface area contributed by atoms with E-state index in [9.17, 15) is 9.59 Å². The molecule has 0 aliphatic rings. The summed E-state index contributed by atoms with van der Waals surface area (Å²) >= 11 is 0. The number of para-hydroxylation sites is 1. The van der Waals surface area contributed by atoms with E-state index in [1.54, 1.807) is 0 Å². The van der Waals surface area contributed by atoms with Crippen LogP contribution in [0.1, 0.15) is 29.5 Å². The minimum Gasteiger partial charge on any atom is -0.347 e. The van der Waals surface area contributed by atoms with E-state index < -0.39 is 0 Å². The van der Waals surface area contributed by atoms with Crippen LogP contribution < -0.4 is 10.6 Å². The molecule has 0 atom stereocenters. The maximum Gasteiger partial charge on any atom is 0.243 e. The van der Waals surface area contributed by atoms with Crippen molar-refractivity contribution in [2.24, 2.45) is 0 Å². The highest BCUT2D eigenvalue weighted by Crippen LogP contribution is 2.12. The molecule has 0 unspecified atom stereocenters. The van der Waals surface area contributed by atoms with Gasteiger partial charge in [-0.2, -0.15) is 0 Å². The van der Waals surface area contributed by atoms with Gasteiger partial charge in [0.2, 0.25) is 11.8 Å². The predicted octanol–water partition coefficient (Wildman–Crippen LogP) is 3.38. The molecule has 24 heavy (non-hydrogen) atoms. The standard InChI is InChI=1S/C20H24N2O2/c1-15-11-12-17(13-16(15)2)7-6-10-19(23)21-14-20(24)22-18-8-4-3-5-9-18/h3-5,8-9,11-13H,6-7,10,14H2,1-2H3,(H,21,23)(H,22,24). The molecule has 0 saturated carbocycles. The SMILES string of the molecule is Cc1ccc(CCCC(=O)NCC(=O)Nc2ccccc2)cc1C. The first-order valence-electron chi connectivity index (χ1n) is 8.22. The summed E-state index contributed by atoms with van der Waals surface area (Å²) in [7, 11) is 0. The van der Waals surface area contributed by atoms with Gasteiger partial charge in [0.05, 0.1) is 6.54 Å². The molecule has 2 aromatic rings. The Labute approximate surface area is 143 Å². The third-order valence-corrected chi connectivity index (χ3v) is 3.94. The summed E-state index contributed by atoms with van der Waals surface area (Å²) in [5.41, 5.74) is 4.52. The van der Waals surface area contributed by atoms with Gasteiger partial charge < -0.3 is 10.6 Å². The Bertz CT molecular complexity index is 696. The fourth-order valence-corrected chi connectivity index (χ4v) is 2.41. The molecule has 0 aliphatic carbocycles. The molecule has 4 nitrogen and oxygen atoms in total. The Morgan fingerprint density at radius 2 is 1.67 bits per heavy atom. The van der Waals surface area contributed by atoms with Crippen LogP contribution in [0.3, 0.4) is 0 Å². The molecule has 0 spiro atoms. The summed E-state index contributed by atoms with van der Waals surface area (Å²) in [5, 5.41) is 5.40. The lowest BCUT2D eigenvalue weighted by molar-refractivity contribution is -0.124. The number of amides is 2. The maximum atomic E-state index is 11.8. The van der Waals surface area contributed by atoms with Gasteiger partial charge in [-0.15, -0.1) is 0 Å². The number of hydrogen-bond donors (Lipinski definition) is 2. The van der Waals surface area contributed by atoms with Crippen LogP contribution in [0, 0.1) is 13.8 Å². The van der Waals surface area contributed by atoms with Crippen molar-refractivity contribution in [3.05, 3.63) is 65.2 Å². The first-order chi connectivity index (χ1) is 11.5. The molecule has 126 valence electrons. The van der Waals surface area contributed by atoms with Crippen LogP contribution in [0.2, 0.25) is 0 Å². The predicted molar refractivity (Wildman–Crippen MR) is 96.9 cm³/mol. The zero-order valence-corrected chi connectivity index (χ0v) is 14.3. The summed E-state index contributed by atoms with van der Waals surface area (Å²) in [5.74, 6) is -0.314. The second-order valence-corrected chi connectivity index (χ2v) is 5.96. The van der Waals surface area contributed by atoms with Crippen LogP contribution >= 0.6 is 0 Å². The molecule has 2 rings (SSSR count). The minimum absolute atomic E-state index is 0.00261. The number of carbonyl (C=O) groups is 2. The lowest BCUT2D eigenvalue weighted by atomic mass is 10.0. The lowest BCUT2D eigenvalue weighted by Gasteiger charge is -2.07. The van der Waals surface area contributed by atoms with Crippen molar-refractivity contribution in [2.75, 3.05) is 11.9 Å². The fourth-order valence-electron chi connectivity index (χ4n) is 2.41. The molecule has 0 saturated heterocycles. The van der Waals surface area contributed by atoms with E-state index in [2.05, 4.69) is 42.7 Å². The molecule has 2 N–H and O–H groups in total. The Hall–Kier alpha value is -2.62. The Kier molecular flexibility index (Phi) is 6.55. The van der Waals surface area contributed by atoms with Crippen molar-refractivity contribution in [3.8, 4) is 0 Å². The van der Waals surface area contributed by atoms with E-state index in [0.29, 0.717) is 6.42 Å². The van der Waals surface area contributed by atoms with E-state index in [1.807, 2.05) is 30.3 Å². The third kappa shape index (κ3) is 5.88. The smallest absolute Gasteiger partial charge is 0.243 e. The Morgan fingerprint density at radius 1 is 0.917 bits per heavy atom. The van der Waals surface area contributed by atoms with E-state index in [1.165, 1.54) is 16.7 Å². The molecule has 0 aliphatic heterocycles. The van der Waals surface area contributed by atoms with Crippen molar-refractivity contribution in [2.45, 2.75) is 33.1 Å². The van der Waals surface area contributed by atoms with E-state index in [4.69, 9.17) is 0 Å². The molecule has 0 fully saturated rings. The number of hydrogen-bond acceptors (Lipinski definition) is 2. The van der Waals surface area contributed by atoms with Gasteiger partial charge >= 0.3 is 0 Å². The number of benzene rings is 2. The summed E-state index contributed by atoms with van der Waals surface area (Å²) in [6.07, 6.45) is 2.06. The van der Waals surface area contributed by atoms with Gasteiger partial charge in [0.25, 0.3) is 0 Å². The fraction of sp³-hybridized carbons (Fsp3) is 0.300. The maximum absolute atomic E-state index is 11.8. The van der Waals surface area contributed by atoms with Gasteiger partial charge in [-0.3, -0.25) is 9.59 Å². The summed E-state index contributed by atoms with van der Waals surface area (Å²) in [6, 6.07) is 15.6. The van der Waals surface area contributed by atoms with Gasteiger partial charge in [-0.05, 0) is 55.5 Å². The van der Waals surface area contributed by atoms with Gasteiger partial charge in [-0.25, -0.2) is 0 Å². The van der Waals surface area contributed by atoms with Crippen LogP contribution in [0.15, 0.2) is 48.5 Å². The molecule has 0 radical (unpaired) electrons. The molecule has 0 heterocycles. The van der Waals surface area contributed by atoms with Crippen molar-refractivity contribution in [1.82, 2.24) is 5.32 Å². The molecule has 2 amide bonds. The first-order valence-corrected chi connectivity index (χ1v) is 8.22. The molecule has 0 aromatic heterocycles. The van der Waals surface area contributed by atoms with Crippen molar-refractivity contribution < 1.29 is 9.59 Å². The quantitative estimate of drug-likeness (QED) is 0.820. The average Bonchev–Trinajstić information content (AvgIpc) is 2.57. The van der Waals surface area contributed by atoms with E-state index in [-0.39, 0.29) is 18.4 Å². The normalized spacial score (nSPS) is 10.2. The molecular weight excluding hydrogens is 300 g/mol. The molecule has 2 aromatic carbocycles. The number of aryl methyl sites for hydroxylation is 3. The topological polar surface area (TPSA) is 58.2 Å². The Balaban J connectivity index is 1.66. The Morgan fingerprint density at radius 3 is 2.38 bits per heavy atom. The van der Waals surface area contributed by atoms with E-state index in [0.717, 1.165) is 18.5 Å². The summed E-state index contributed by atoms with van der Waals surface area (Å²) in [6.45, 7) is 4.18. The number of anilines is 1. The van der Waals surface area contributed by atoms with Crippen LogP contribution in [0.25, 0.3) is 0 Å². The van der Waals surface area contributed by atoms with Crippen LogP contribution in [0.4, 0.5) is 5.69 Å². The third-order valence-electron chi connectivity index (χ3n) is 3.94. The van der Waals surface area contributed by atoms with Gasteiger partial charge in [0, 0.05) is 12.1 Å². The van der Waals surface area contributed by atoms with Gasteiger partial charge in [0.15, 0.2) is 0 Å². The minimum atomic E-state index is -0.219. The number of rotatable bonds is 7. The van der Waals surface area contributed by atoms with Crippen LogP contribution in [0.5, 0.6) is 0 Å². The van der Waals surface area contributed by atoms with Crippen molar-refractivity contribution in [3.63, 3.8) is 0 Å². The number of carbonyl (C=O) groups excluding carboxylic acids is 2. The van der Waals surface area contributed by atoms with Crippen molar-refractivity contribution >= 4 is 17.5 Å². The second-order valence-electron chi connectivity index (χ2n) is 5.96. The largest absolute Gasteiger partial charge is 0.347 e. The molecular formula is C20H24N2O2. The highest BCUT2D eigenvalue weighted by atomic mass is 16.2. The molecule has 4 heteroatoms. The first kappa shape index (κ1) is 17.7. The molecule has 0 bridgehead atoms. The van der Waals surface area contributed by atoms with Crippen LogP contribution in [-0.4, -0.2) is 18.4 Å². The highest BCUT2D eigenvalue weighted by molar-refractivity contribution is 5.94. The monoisotopic (exact) mass is 324 g/mol. The lowest BCUT2D eigenvalue weighted by Crippen LogP contribution is -2.32.